The van der Waals surface area contributed by atoms with Crippen LogP contribution in [0.2, 0.25) is 0 Å². The molecule has 0 radical (unpaired) electrons. The first-order valence-electron chi connectivity index (χ1n) is 5.46. The molecule has 1 heterocycles. The molecule has 94 valence electrons. The van der Waals surface area contributed by atoms with Gasteiger partial charge in [-0.1, -0.05) is 12.1 Å². The zero-order valence-corrected chi connectivity index (χ0v) is 9.82. The Balaban J connectivity index is 2.49. The molecule has 0 aliphatic rings. The van der Waals surface area contributed by atoms with Crippen LogP contribution in [0.3, 0.4) is 0 Å². The van der Waals surface area contributed by atoms with E-state index in [1.54, 1.807) is 25.4 Å². The number of anilines is 1. The fraction of sp³-hybridized carbons (Fsp3) is 0.154. The molecule has 0 aliphatic carbocycles. The number of benzene rings is 1. The lowest BCUT2D eigenvalue weighted by Crippen LogP contribution is -2.20. The van der Waals surface area contributed by atoms with Gasteiger partial charge in [-0.2, -0.15) is 0 Å². The molecule has 1 aromatic carbocycles. The SMILES string of the molecule is CNC(c1ccc(F)cc1F)c1cccnc1N. The molecule has 0 spiro atoms. The van der Waals surface area contributed by atoms with Gasteiger partial charge in [0.1, 0.15) is 17.5 Å². The molecule has 2 rings (SSSR count). The Labute approximate surface area is 104 Å². The van der Waals surface area contributed by atoms with Gasteiger partial charge in [0.25, 0.3) is 0 Å². The number of nitrogens with zero attached hydrogens (tertiary/aromatic N) is 1. The van der Waals surface area contributed by atoms with Crippen LogP contribution in [0, 0.1) is 11.6 Å². The maximum atomic E-state index is 13.8. The smallest absolute Gasteiger partial charge is 0.131 e. The van der Waals surface area contributed by atoms with Gasteiger partial charge in [0.2, 0.25) is 0 Å². The summed E-state index contributed by atoms with van der Waals surface area (Å²) in [6.07, 6.45) is 1.56. The van der Waals surface area contributed by atoms with Crippen molar-refractivity contribution in [3.8, 4) is 0 Å². The van der Waals surface area contributed by atoms with Gasteiger partial charge in [-0.3, -0.25) is 0 Å². The van der Waals surface area contributed by atoms with E-state index >= 15 is 0 Å². The number of aromatic nitrogens is 1. The summed E-state index contributed by atoms with van der Waals surface area (Å²) in [6, 6.07) is 6.49. The van der Waals surface area contributed by atoms with Crippen LogP contribution in [0.5, 0.6) is 0 Å². The van der Waals surface area contributed by atoms with Crippen LogP contribution in [0.4, 0.5) is 14.6 Å². The molecule has 0 aliphatic heterocycles. The second-order valence-corrected chi connectivity index (χ2v) is 3.87. The Kier molecular flexibility index (Phi) is 3.53. The van der Waals surface area contributed by atoms with E-state index < -0.39 is 17.7 Å². The first-order chi connectivity index (χ1) is 8.63. The quantitative estimate of drug-likeness (QED) is 0.877. The molecule has 0 saturated heterocycles. The van der Waals surface area contributed by atoms with E-state index in [2.05, 4.69) is 10.3 Å². The number of nitrogens with one attached hydrogen (secondary N) is 1. The van der Waals surface area contributed by atoms with E-state index in [-0.39, 0.29) is 0 Å². The zero-order chi connectivity index (χ0) is 13.1. The maximum absolute atomic E-state index is 13.8. The van der Waals surface area contributed by atoms with Crippen molar-refractivity contribution in [1.29, 1.82) is 0 Å². The monoisotopic (exact) mass is 249 g/mol. The van der Waals surface area contributed by atoms with Gasteiger partial charge in [-0.15, -0.1) is 0 Å². The van der Waals surface area contributed by atoms with Crippen LogP contribution < -0.4 is 11.1 Å². The predicted octanol–water partition coefficient (Wildman–Crippen LogP) is 2.25. The van der Waals surface area contributed by atoms with Crippen LogP contribution in [0.1, 0.15) is 17.2 Å². The van der Waals surface area contributed by atoms with Crippen LogP contribution in [0.15, 0.2) is 36.5 Å². The summed E-state index contributed by atoms with van der Waals surface area (Å²) in [5.74, 6) is -0.900. The van der Waals surface area contributed by atoms with E-state index in [0.29, 0.717) is 16.9 Å². The molecule has 18 heavy (non-hydrogen) atoms. The molecule has 1 atom stereocenters. The van der Waals surface area contributed by atoms with Crippen LogP contribution in [-0.4, -0.2) is 12.0 Å². The number of nitrogen functional groups attached to an aromatic ring is 1. The third-order valence-electron chi connectivity index (χ3n) is 2.74. The van der Waals surface area contributed by atoms with Crippen LogP contribution in [0.25, 0.3) is 0 Å². The first kappa shape index (κ1) is 12.4. The van der Waals surface area contributed by atoms with E-state index in [1.165, 1.54) is 12.1 Å². The van der Waals surface area contributed by atoms with Gasteiger partial charge in [-0.05, 0) is 19.2 Å². The summed E-state index contributed by atoms with van der Waals surface area (Å²) < 4.78 is 26.7. The third-order valence-corrected chi connectivity index (χ3v) is 2.74. The van der Waals surface area contributed by atoms with Crippen molar-refractivity contribution in [2.75, 3.05) is 12.8 Å². The highest BCUT2D eigenvalue weighted by molar-refractivity contribution is 5.45. The zero-order valence-electron chi connectivity index (χ0n) is 9.82. The lowest BCUT2D eigenvalue weighted by atomic mass is 9.99. The highest BCUT2D eigenvalue weighted by Crippen LogP contribution is 2.27. The Morgan fingerprint density at radius 3 is 2.61 bits per heavy atom. The molecule has 0 saturated carbocycles. The lowest BCUT2D eigenvalue weighted by molar-refractivity contribution is 0.552. The largest absolute Gasteiger partial charge is 0.383 e. The Morgan fingerprint density at radius 2 is 2.00 bits per heavy atom. The summed E-state index contributed by atoms with van der Waals surface area (Å²) in [7, 11) is 1.68. The number of rotatable bonds is 3. The molecule has 1 unspecified atom stereocenters. The van der Waals surface area contributed by atoms with Crippen molar-refractivity contribution in [3.05, 3.63) is 59.3 Å². The van der Waals surface area contributed by atoms with Gasteiger partial charge < -0.3 is 11.1 Å². The van der Waals surface area contributed by atoms with Gasteiger partial charge in [0, 0.05) is 23.4 Å². The predicted molar refractivity (Wildman–Crippen MR) is 65.9 cm³/mol. The average Bonchev–Trinajstić information content (AvgIpc) is 2.34. The van der Waals surface area contributed by atoms with Crippen molar-refractivity contribution in [1.82, 2.24) is 10.3 Å². The highest BCUT2D eigenvalue weighted by atomic mass is 19.1. The number of nitrogens with two attached hydrogens (primary N) is 1. The fourth-order valence-corrected chi connectivity index (χ4v) is 1.89. The summed E-state index contributed by atoms with van der Waals surface area (Å²) in [5, 5.41) is 2.95. The normalized spacial score (nSPS) is 12.4. The van der Waals surface area contributed by atoms with Gasteiger partial charge >= 0.3 is 0 Å². The molecule has 0 amide bonds. The third kappa shape index (κ3) is 2.31. The minimum atomic E-state index is -0.613. The van der Waals surface area contributed by atoms with Crippen LogP contribution >= 0.6 is 0 Å². The summed E-state index contributed by atoms with van der Waals surface area (Å²) in [4.78, 5) is 3.96. The fourth-order valence-electron chi connectivity index (χ4n) is 1.89. The van der Waals surface area contributed by atoms with E-state index in [4.69, 9.17) is 5.73 Å². The molecular weight excluding hydrogens is 236 g/mol. The molecule has 0 fully saturated rings. The minimum absolute atomic E-state index is 0.320. The topological polar surface area (TPSA) is 50.9 Å². The number of pyridine rings is 1. The lowest BCUT2D eigenvalue weighted by Gasteiger charge is -2.18. The van der Waals surface area contributed by atoms with E-state index in [1.807, 2.05) is 0 Å². The van der Waals surface area contributed by atoms with Gasteiger partial charge in [0.05, 0.1) is 6.04 Å². The first-order valence-corrected chi connectivity index (χ1v) is 5.46. The van der Waals surface area contributed by atoms with Crippen molar-refractivity contribution in [2.24, 2.45) is 0 Å². The van der Waals surface area contributed by atoms with E-state index in [0.717, 1.165) is 6.07 Å². The van der Waals surface area contributed by atoms with Crippen molar-refractivity contribution in [3.63, 3.8) is 0 Å². The molecule has 3 N–H and O–H groups in total. The number of hydrogen-bond donors (Lipinski definition) is 2. The van der Waals surface area contributed by atoms with Crippen LogP contribution in [-0.2, 0) is 0 Å². The number of halogens is 2. The van der Waals surface area contributed by atoms with Crippen molar-refractivity contribution < 1.29 is 8.78 Å². The van der Waals surface area contributed by atoms with Gasteiger partial charge in [-0.25, -0.2) is 13.8 Å². The summed E-state index contributed by atoms with van der Waals surface area (Å²) in [6.45, 7) is 0. The number of hydrogen-bond acceptors (Lipinski definition) is 3. The minimum Gasteiger partial charge on any atom is -0.383 e. The summed E-state index contributed by atoms with van der Waals surface area (Å²) in [5.41, 5.74) is 6.76. The average molecular weight is 249 g/mol. The Morgan fingerprint density at radius 1 is 1.22 bits per heavy atom. The van der Waals surface area contributed by atoms with Crippen molar-refractivity contribution in [2.45, 2.75) is 6.04 Å². The Hall–Kier alpha value is -2.01. The second-order valence-electron chi connectivity index (χ2n) is 3.87. The summed E-state index contributed by atoms with van der Waals surface area (Å²) >= 11 is 0. The highest BCUT2D eigenvalue weighted by Gasteiger charge is 2.19. The van der Waals surface area contributed by atoms with Crippen molar-refractivity contribution >= 4 is 5.82 Å². The second kappa shape index (κ2) is 5.10. The standard InChI is InChI=1S/C13H13F2N3/c1-17-12(10-3-2-6-18-13(10)16)9-5-4-8(14)7-11(9)15/h2-7,12,17H,1H3,(H2,16,18). The molecule has 3 nitrogen and oxygen atoms in total. The van der Waals surface area contributed by atoms with E-state index in [9.17, 15) is 8.78 Å². The Bertz CT molecular complexity index is 558. The van der Waals surface area contributed by atoms with Gasteiger partial charge in [0.15, 0.2) is 0 Å². The molecule has 0 bridgehead atoms. The molecule has 2 aromatic rings. The maximum Gasteiger partial charge on any atom is 0.131 e. The molecule has 1 aromatic heterocycles. The molecular formula is C13H13F2N3. The molecule has 5 heteroatoms.